The molecule has 0 atom stereocenters. The third kappa shape index (κ3) is 4.82. The van der Waals surface area contributed by atoms with Gasteiger partial charge in [-0.3, -0.25) is 10.1 Å². The van der Waals surface area contributed by atoms with Gasteiger partial charge < -0.3 is 4.74 Å². The number of nitrogens with zero attached hydrogens (tertiary/aromatic N) is 1. The van der Waals surface area contributed by atoms with E-state index in [4.69, 9.17) is 4.74 Å². The zero-order valence-electron chi connectivity index (χ0n) is 15.2. The molecule has 1 heterocycles. The molecular weight excluding hydrogens is 344 g/mol. The molecule has 5 heteroatoms. The lowest BCUT2D eigenvalue weighted by molar-refractivity contribution is 0.102. The van der Waals surface area contributed by atoms with Gasteiger partial charge in [0.1, 0.15) is 5.75 Å². The molecular formula is C21H24N2O2S. The normalized spacial score (nSPS) is 10.8. The molecule has 0 bridgehead atoms. The number of hydrogen-bond acceptors (Lipinski definition) is 4. The van der Waals surface area contributed by atoms with Crippen LogP contribution in [0.4, 0.5) is 5.13 Å². The van der Waals surface area contributed by atoms with Crippen molar-refractivity contribution in [1.82, 2.24) is 4.98 Å². The highest BCUT2D eigenvalue weighted by atomic mass is 32.1. The van der Waals surface area contributed by atoms with E-state index in [0.717, 1.165) is 29.0 Å². The van der Waals surface area contributed by atoms with Gasteiger partial charge >= 0.3 is 0 Å². The first kappa shape index (κ1) is 18.4. The monoisotopic (exact) mass is 368 g/mol. The lowest BCUT2D eigenvalue weighted by Gasteiger charge is -2.07. The van der Waals surface area contributed by atoms with Gasteiger partial charge in [-0.15, -0.1) is 0 Å². The number of amides is 1. The predicted octanol–water partition coefficient (Wildman–Crippen LogP) is 5.82. The summed E-state index contributed by atoms with van der Waals surface area (Å²) in [4.78, 5) is 16.9. The molecule has 0 aliphatic rings. The Kier molecular flexibility index (Phi) is 6.23. The Balaban J connectivity index is 1.57. The van der Waals surface area contributed by atoms with Crippen molar-refractivity contribution in [3.8, 4) is 5.75 Å². The van der Waals surface area contributed by atoms with Crippen LogP contribution in [0.3, 0.4) is 0 Å². The van der Waals surface area contributed by atoms with E-state index in [1.165, 1.54) is 36.2 Å². The Hall–Kier alpha value is -2.40. The number of aromatic nitrogens is 1. The number of anilines is 1. The average Bonchev–Trinajstić information content (AvgIpc) is 3.03. The van der Waals surface area contributed by atoms with Gasteiger partial charge in [0.15, 0.2) is 5.13 Å². The van der Waals surface area contributed by atoms with Crippen molar-refractivity contribution < 1.29 is 9.53 Å². The fourth-order valence-corrected chi connectivity index (χ4v) is 3.64. The SMILES string of the molecule is CCCCCCOc1ccc(C(=O)Nc2nc3ccc(C)cc3s2)cc1. The number of rotatable bonds is 8. The summed E-state index contributed by atoms with van der Waals surface area (Å²) in [6.45, 7) is 4.96. The van der Waals surface area contributed by atoms with Crippen molar-refractivity contribution in [3.05, 3.63) is 53.6 Å². The van der Waals surface area contributed by atoms with E-state index in [2.05, 4.69) is 23.3 Å². The topological polar surface area (TPSA) is 51.2 Å². The number of benzene rings is 2. The van der Waals surface area contributed by atoms with E-state index in [-0.39, 0.29) is 5.91 Å². The summed E-state index contributed by atoms with van der Waals surface area (Å²) in [5, 5.41) is 3.50. The maximum atomic E-state index is 12.4. The Bertz CT molecular complexity index is 871. The highest BCUT2D eigenvalue weighted by molar-refractivity contribution is 7.22. The van der Waals surface area contributed by atoms with Gasteiger partial charge in [-0.1, -0.05) is 43.6 Å². The largest absolute Gasteiger partial charge is 0.494 e. The Morgan fingerprint density at radius 1 is 1.12 bits per heavy atom. The molecule has 0 saturated heterocycles. The molecule has 0 radical (unpaired) electrons. The standard InChI is InChI=1S/C21H24N2O2S/c1-3-4-5-6-13-25-17-10-8-16(9-11-17)20(24)23-21-22-18-12-7-15(2)14-19(18)26-21/h7-12,14H,3-6,13H2,1-2H3,(H,22,23,24). The van der Waals surface area contributed by atoms with E-state index in [1.54, 1.807) is 12.1 Å². The van der Waals surface area contributed by atoms with Crippen molar-refractivity contribution in [2.24, 2.45) is 0 Å². The zero-order valence-corrected chi connectivity index (χ0v) is 16.1. The molecule has 0 saturated carbocycles. The first-order chi connectivity index (χ1) is 12.7. The van der Waals surface area contributed by atoms with Gasteiger partial charge in [0.2, 0.25) is 0 Å². The van der Waals surface area contributed by atoms with E-state index in [1.807, 2.05) is 31.2 Å². The molecule has 0 aliphatic heterocycles. The highest BCUT2D eigenvalue weighted by Crippen LogP contribution is 2.27. The molecule has 0 spiro atoms. The van der Waals surface area contributed by atoms with E-state index >= 15 is 0 Å². The fraction of sp³-hybridized carbons (Fsp3) is 0.333. The first-order valence-electron chi connectivity index (χ1n) is 9.07. The summed E-state index contributed by atoms with van der Waals surface area (Å²) in [5.74, 6) is 0.642. The summed E-state index contributed by atoms with van der Waals surface area (Å²) in [5.41, 5.74) is 2.69. The van der Waals surface area contributed by atoms with Gasteiger partial charge in [0.05, 0.1) is 16.8 Å². The summed E-state index contributed by atoms with van der Waals surface area (Å²) in [6.07, 6.45) is 4.72. The molecule has 2 aromatic carbocycles. The van der Waals surface area contributed by atoms with Gasteiger partial charge in [-0.2, -0.15) is 0 Å². The van der Waals surface area contributed by atoms with Crippen LogP contribution in [-0.2, 0) is 0 Å². The number of unbranched alkanes of at least 4 members (excludes halogenated alkanes) is 3. The molecule has 1 N–H and O–H groups in total. The van der Waals surface area contributed by atoms with Crippen LogP contribution in [0.15, 0.2) is 42.5 Å². The van der Waals surface area contributed by atoms with Crippen molar-refractivity contribution in [3.63, 3.8) is 0 Å². The van der Waals surface area contributed by atoms with Crippen LogP contribution in [-0.4, -0.2) is 17.5 Å². The summed E-state index contributed by atoms with van der Waals surface area (Å²) >= 11 is 1.49. The number of fused-ring (bicyclic) bond motifs is 1. The number of carbonyl (C=O) groups excluding carboxylic acids is 1. The van der Waals surface area contributed by atoms with Crippen molar-refractivity contribution in [2.45, 2.75) is 39.5 Å². The molecule has 26 heavy (non-hydrogen) atoms. The predicted molar refractivity (Wildman–Crippen MR) is 108 cm³/mol. The molecule has 0 unspecified atom stereocenters. The minimum Gasteiger partial charge on any atom is -0.494 e. The minimum atomic E-state index is -0.157. The second-order valence-corrected chi connectivity index (χ2v) is 7.41. The molecule has 3 aromatic rings. The Morgan fingerprint density at radius 3 is 2.69 bits per heavy atom. The minimum absolute atomic E-state index is 0.157. The third-order valence-corrected chi connectivity index (χ3v) is 5.08. The number of nitrogens with one attached hydrogen (secondary N) is 1. The van der Waals surface area contributed by atoms with Crippen LogP contribution in [0.5, 0.6) is 5.75 Å². The smallest absolute Gasteiger partial charge is 0.257 e. The molecule has 0 fully saturated rings. The van der Waals surface area contributed by atoms with Crippen molar-refractivity contribution in [2.75, 3.05) is 11.9 Å². The van der Waals surface area contributed by atoms with Crippen LogP contribution >= 0.6 is 11.3 Å². The number of carbonyl (C=O) groups is 1. The summed E-state index contributed by atoms with van der Waals surface area (Å²) < 4.78 is 6.79. The van der Waals surface area contributed by atoms with Crippen LogP contribution in [0, 0.1) is 6.92 Å². The maximum absolute atomic E-state index is 12.4. The zero-order chi connectivity index (χ0) is 18.4. The second-order valence-electron chi connectivity index (χ2n) is 6.38. The Morgan fingerprint density at radius 2 is 1.92 bits per heavy atom. The van der Waals surface area contributed by atoms with Crippen molar-refractivity contribution in [1.29, 1.82) is 0 Å². The third-order valence-electron chi connectivity index (χ3n) is 4.15. The van der Waals surface area contributed by atoms with Crippen LogP contribution in [0.25, 0.3) is 10.2 Å². The number of thiazole rings is 1. The molecule has 1 aromatic heterocycles. The lowest BCUT2D eigenvalue weighted by atomic mass is 10.2. The van der Waals surface area contributed by atoms with Crippen LogP contribution < -0.4 is 10.1 Å². The van der Waals surface area contributed by atoms with E-state index in [9.17, 15) is 4.79 Å². The van der Waals surface area contributed by atoms with Gasteiger partial charge in [-0.05, 0) is 55.3 Å². The molecule has 4 nitrogen and oxygen atoms in total. The fourth-order valence-electron chi connectivity index (χ4n) is 2.68. The number of hydrogen-bond donors (Lipinski definition) is 1. The Labute approximate surface area is 158 Å². The second kappa shape index (κ2) is 8.81. The molecule has 0 aliphatic carbocycles. The first-order valence-corrected chi connectivity index (χ1v) is 9.89. The van der Waals surface area contributed by atoms with E-state index in [0.29, 0.717) is 10.7 Å². The molecule has 1 amide bonds. The average molecular weight is 369 g/mol. The quantitative estimate of drug-likeness (QED) is 0.510. The van der Waals surface area contributed by atoms with Crippen molar-refractivity contribution >= 4 is 32.6 Å². The highest BCUT2D eigenvalue weighted by Gasteiger charge is 2.10. The lowest BCUT2D eigenvalue weighted by Crippen LogP contribution is -2.11. The molecule has 3 rings (SSSR count). The number of ether oxygens (including phenoxy) is 1. The number of aryl methyl sites for hydroxylation is 1. The van der Waals surface area contributed by atoms with Gasteiger partial charge in [0, 0.05) is 5.56 Å². The van der Waals surface area contributed by atoms with Gasteiger partial charge in [-0.25, -0.2) is 4.98 Å². The summed E-state index contributed by atoms with van der Waals surface area (Å²) in [6, 6.07) is 13.3. The van der Waals surface area contributed by atoms with Crippen LogP contribution in [0.2, 0.25) is 0 Å². The maximum Gasteiger partial charge on any atom is 0.257 e. The summed E-state index contributed by atoms with van der Waals surface area (Å²) in [7, 11) is 0. The molecule has 136 valence electrons. The van der Waals surface area contributed by atoms with Gasteiger partial charge in [0.25, 0.3) is 5.91 Å². The van der Waals surface area contributed by atoms with E-state index < -0.39 is 0 Å². The van der Waals surface area contributed by atoms with Crippen LogP contribution in [0.1, 0.15) is 48.5 Å².